The van der Waals surface area contributed by atoms with E-state index in [0.29, 0.717) is 22.3 Å². The topological polar surface area (TPSA) is 117 Å². The number of rotatable bonds is 7. The molecule has 172 valence electrons. The zero-order chi connectivity index (χ0) is 23.4. The Hall–Kier alpha value is -3.39. The normalized spacial score (nSPS) is 18.0. The minimum Gasteiger partial charge on any atom is -0.481 e. The van der Waals surface area contributed by atoms with E-state index in [1.807, 2.05) is 37.3 Å². The molecule has 1 aliphatic rings. The molecule has 2 aromatic carbocycles. The Kier molecular flexibility index (Phi) is 6.93. The first-order chi connectivity index (χ1) is 15.9. The maximum absolute atomic E-state index is 12.5. The number of halogens is 1. The van der Waals surface area contributed by atoms with E-state index in [2.05, 4.69) is 20.8 Å². The van der Waals surface area contributed by atoms with Crippen LogP contribution >= 0.6 is 11.6 Å². The Morgan fingerprint density at radius 1 is 1.09 bits per heavy atom. The summed E-state index contributed by atoms with van der Waals surface area (Å²) in [6, 6.07) is 13.2. The number of carbonyl (C=O) groups excluding carboxylic acids is 1. The maximum Gasteiger partial charge on any atom is 0.320 e. The second-order valence-electron chi connectivity index (χ2n) is 8.39. The second kappa shape index (κ2) is 10.0. The third kappa shape index (κ3) is 5.90. The third-order valence-corrected chi connectivity index (χ3v) is 6.25. The lowest BCUT2D eigenvalue weighted by molar-refractivity contribution is -0.138. The number of aryl methyl sites for hydroxylation is 1. The number of hydrogen-bond acceptors (Lipinski definition) is 6. The fraction of sp³-hybridized carbons (Fsp3) is 0.333. The van der Waals surface area contributed by atoms with Crippen LogP contribution in [0, 0.1) is 12.8 Å². The highest BCUT2D eigenvalue weighted by atomic mass is 35.5. The van der Waals surface area contributed by atoms with Crippen LogP contribution in [0.3, 0.4) is 0 Å². The molecule has 1 fully saturated rings. The smallest absolute Gasteiger partial charge is 0.320 e. The van der Waals surface area contributed by atoms with Gasteiger partial charge in [-0.15, -0.1) is 5.10 Å². The Labute approximate surface area is 196 Å². The highest BCUT2D eigenvalue weighted by Gasteiger charge is 2.24. The molecule has 0 bridgehead atoms. The molecule has 3 N–H and O–H groups in total. The van der Waals surface area contributed by atoms with Gasteiger partial charge >= 0.3 is 23.8 Å². The van der Waals surface area contributed by atoms with Gasteiger partial charge in [-0.25, -0.2) is 0 Å². The summed E-state index contributed by atoms with van der Waals surface area (Å²) >= 11 is 6.02. The number of hydrogen-bond donors (Lipinski definition) is 3. The number of carboxylic acids is 1. The van der Waals surface area contributed by atoms with E-state index in [-0.39, 0.29) is 24.2 Å². The van der Waals surface area contributed by atoms with E-state index in [0.717, 1.165) is 31.2 Å². The molecular weight excluding hydrogens is 444 g/mol. The molecule has 1 aliphatic carbocycles. The standard InChI is InChI=1S/C24H25ClN4O4/c1-14-2-9-18(25)13-20(14)27-24-29-28-23(33-24)22(32)26-19-10-7-17(8-11-19)16-5-3-15(4-6-16)12-21(30)31/h2,7-11,13,15-16H,3-6,12H2,1H3,(H,26,32)(H,27,29)(H,30,31). The summed E-state index contributed by atoms with van der Waals surface area (Å²) in [5.41, 5.74) is 3.48. The van der Waals surface area contributed by atoms with Crippen molar-refractivity contribution in [2.45, 2.75) is 44.9 Å². The lowest BCUT2D eigenvalue weighted by Gasteiger charge is -2.28. The summed E-state index contributed by atoms with van der Waals surface area (Å²) in [4.78, 5) is 23.4. The van der Waals surface area contributed by atoms with Gasteiger partial charge < -0.3 is 20.2 Å². The highest BCUT2D eigenvalue weighted by Crippen LogP contribution is 2.37. The molecule has 0 saturated heterocycles. The second-order valence-corrected chi connectivity index (χ2v) is 8.82. The van der Waals surface area contributed by atoms with Crippen LogP contribution in [0.15, 0.2) is 46.9 Å². The molecule has 1 saturated carbocycles. The van der Waals surface area contributed by atoms with Gasteiger partial charge in [-0.3, -0.25) is 9.59 Å². The predicted octanol–water partition coefficient (Wildman–Crippen LogP) is 5.78. The molecule has 0 aliphatic heterocycles. The number of carboxylic acid groups (broad SMARTS) is 1. The predicted molar refractivity (Wildman–Crippen MR) is 125 cm³/mol. The molecule has 33 heavy (non-hydrogen) atoms. The third-order valence-electron chi connectivity index (χ3n) is 6.01. The van der Waals surface area contributed by atoms with Crippen LogP contribution in [0.4, 0.5) is 17.4 Å². The van der Waals surface area contributed by atoms with Crippen molar-refractivity contribution in [3.63, 3.8) is 0 Å². The molecule has 1 heterocycles. The lowest BCUT2D eigenvalue weighted by Crippen LogP contribution is -2.16. The maximum atomic E-state index is 12.5. The highest BCUT2D eigenvalue weighted by molar-refractivity contribution is 6.30. The number of benzene rings is 2. The number of aliphatic carboxylic acids is 1. The molecule has 9 heteroatoms. The van der Waals surface area contributed by atoms with Gasteiger partial charge in [0.2, 0.25) is 0 Å². The Morgan fingerprint density at radius 2 is 1.82 bits per heavy atom. The van der Waals surface area contributed by atoms with Crippen LogP contribution in [0.5, 0.6) is 0 Å². The van der Waals surface area contributed by atoms with E-state index in [1.54, 1.807) is 12.1 Å². The van der Waals surface area contributed by atoms with Crippen molar-refractivity contribution < 1.29 is 19.1 Å². The summed E-state index contributed by atoms with van der Waals surface area (Å²) in [7, 11) is 0. The summed E-state index contributed by atoms with van der Waals surface area (Å²) in [6.07, 6.45) is 4.07. The van der Waals surface area contributed by atoms with Crippen molar-refractivity contribution in [3.05, 3.63) is 64.5 Å². The SMILES string of the molecule is Cc1ccc(Cl)cc1Nc1nnc(C(=O)Nc2ccc(C3CCC(CC(=O)O)CC3)cc2)o1. The quantitative estimate of drug-likeness (QED) is 0.402. The zero-order valence-corrected chi connectivity index (χ0v) is 18.9. The summed E-state index contributed by atoms with van der Waals surface area (Å²) in [6.45, 7) is 1.91. The molecule has 8 nitrogen and oxygen atoms in total. The van der Waals surface area contributed by atoms with Crippen molar-refractivity contribution in [1.29, 1.82) is 0 Å². The van der Waals surface area contributed by atoms with Crippen LogP contribution in [-0.2, 0) is 4.79 Å². The van der Waals surface area contributed by atoms with Crippen LogP contribution in [0.2, 0.25) is 5.02 Å². The van der Waals surface area contributed by atoms with E-state index < -0.39 is 11.9 Å². The molecule has 0 spiro atoms. The van der Waals surface area contributed by atoms with Crippen molar-refractivity contribution >= 4 is 40.9 Å². The Morgan fingerprint density at radius 3 is 2.52 bits per heavy atom. The van der Waals surface area contributed by atoms with E-state index in [1.165, 1.54) is 5.56 Å². The van der Waals surface area contributed by atoms with Crippen LogP contribution < -0.4 is 10.6 Å². The van der Waals surface area contributed by atoms with Gasteiger partial charge in [0.05, 0.1) is 0 Å². The minimum atomic E-state index is -0.720. The summed E-state index contributed by atoms with van der Waals surface area (Å²) < 4.78 is 5.44. The average molecular weight is 469 g/mol. The average Bonchev–Trinajstić information content (AvgIpc) is 3.26. The summed E-state index contributed by atoms with van der Waals surface area (Å²) in [5.74, 6) is -0.686. The number of nitrogens with one attached hydrogen (secondary N) is 2. The largest absolute Gasteiger partial charge is 0.481 e. The minimum absolute atomic E-state index is 0.0966. The molecule has 0 atom stereocenters. The zero-order valence-electron chi connectivity index (χ0n) is 18.2. The first-order valence-corrected chi connectivity index (χ1v) is 11.2. The molecule has 4 rings (SSSR count). The lowest BCUT2D eigenvalue weighted by atomic mass is 9.77. The monoisotopic (exact) mass is 468 g/mol. The molecular formula is C24H25ClN4O4. The fourth-order valence-corrected chi connectivity index (χ4v) is 4.35. The van der Waals surface area contributed by atoms with Gasteiger partial charge in [0.15, 0.2) is 0 Å². The van der Waals surface area contributed by atoms with Crippen molar-refractivity contribution in [1.82, 2.24) is 10.2 Å². The number of anilines is 3. The van der Waals surface area contributed by atoms with Gasteiger partial charge in [-0.2, -0.15) is 0 Å². The summed E-state index contributed by atoms with van der Waals surface area (Å²) in [5, 5.41) is 23.0. The van der Waals surface area contributed by atoms with Crippen LogP contribution in [0.1, 0.15) is 59.8 Å². The van der Waals surface area contributed by atoms with Crippen molar-refractivity contribution in [2.75, 3.05) is 10.6 Å². The Balaban J connectivity index is 1.33. The van der Waals surface area contributed by atoms with Gasteiger partial charge in [-0.05, 0) is 79.8 Å². The fourth-order valence-electron chi connectivity index (χ4n) is 4.18. The molecule has 3 aromatic rings. The molecule has 0 radical (unpaired) electrons. The first kappa shape index (κ1) is 22.8. The van der Waals surface area contributed by atoms with Gasteiger partial charge in [0.1, 0.15) is 0 Å². The van der Waals surface area contributed by atoms with E-state index >= 15 is 0 Å². The number of aromatic nitrogens is 2. The van der Waals surface area contributed by atoms with Crippen molar-refractivity contribution in [2.24, 2.45) is 5.92 Å². The number of amides is 1. The molecule has 0 unspecified atom stereocenters. The van der Waals surface area contributed by atoms with E-state index in [4.69, 9.17) is 21.1 Å². The van der Waals surface area contributed by atoms with E-state index in [9.17, 15) is 9.59 Å². The van der Waals surface area contributed by atoms with Gasteiger partial charge in [0.25, 0.3) is 0 Å². The molecule has 1 aromatic heterocycles. The first-order valence-electron chi connectivity index (χ1n) is 10.9. The number of nitrogens with zero attached hydrogens (tertiary/aromatic N) is 2. The van der Waals surface area contributed by atoms with Crippen LogP contribution in [0.25, 0.3) is 0 Å². The van der Waals surface area contributed by atoms with Gasteiger partial charge in [-0.1, -0.05) is 34.9 Å². The Bertz CT molecular complexity index is 1140. The van der Waals surface area contributed by atoms with Crippen molar-refractivity contribution in [3.8, 4) is 0 Å². The van der Waals surface area contributed by atoms with Gasteiger partial charge in [0, 0.05) is 22.8 Å². The number of carbonyl (C=O) groups is 2. The molecule has 1 amide bonds. The van der Waals surface area contributed by atoms with Crippen LogP contribution in [-0.4, -0.2) is 27.2 Å².